The molecule has 1 saturated heterocycles. The molecule has 3 rings (SSSR count). The normalized spacial score (nSPS) is 22.4. The quantitative estimate of drug-likeness (QED) is 0.526. The predicted octanol–water partition coefficient (Wildman–Crippen LogP) is 5.61. The zero-order valence-corrected chi connectivity index (χ0v) is 19.3. The van der Waals surface area contributed by atoms with Gasteiger partial charge < -0.3 is 9.47 Å². The number of carbonyl (C=O) groups is 2. The molecule has 5 nitrogen and oxygen atoms in total. The van der Waals surface area contributed by atoms with Crippen LogP contribution in [0.15, 0.2) is 16.6 Å². The van der Waals surface area contributed by atoms with Crippen LogP contribution in [0.5, 0.6) is 0 Å². The van der Waals surface area contributed by atoms with Crippen LogP contribution >= 0.6 is 27.7 Å². The summed E-state index contributed by atoms with van der Waals surface area (Å²) < 4.78 is 11.5. The topological polar surface area (TPSA) is 55.8 Å². The van der Waals surface area contributed by atoms with Crippen molar-refractivity contribution in [1.82, 2.24) is 0 Å². The molecule has 7 heteroatoms. The molecule has 0 saturated carbocycles. The molecule has 0 radical (unpaired) electrons. The second-order valence-corrected chi connectivity index (χ2v) is 10.5. The van der Waals surface area contributed by atoms with Crippen molar-refractivity contribution < 1.29 is 19.1 Å². The SMILES string of the molecule is COC(=O)c1cc(Br)cc2c1N(C(=O)OC(C)(C)C)CC2C1CCCSCC1. The molecule has 0 aromatic heterocycles. The van der Waals surface area contributed by atoms with Crippen molar-refractivity contribution in [3.63, 3.8) is 0 Å². The molecule has 0 N–H and O–H groups in total. The molecule has 2 aliphatic rings. The summed E-state index contributed by atoms with van der Waals surface area (Å²) in [5.41, 5.74) is 1.49. The van der Waals surface area contributed by atoms with Gasteiger partial charge in [0.1, 0.15) is 5.60 Å². The number of rotatable bonds is 2. The van der Waals surface area contributed by atoms with Gasteiger partial charge in [0.05, 0.1) is 18.4 Å². The van der Waals surface area contributed by atoms with E-state index in [2.05, 4.69) is 22.0 Å². The summed E-state index contributed by atoms with van der Waals surface area (Å²) in [6.07, 6.45) is 3.04. The number of esters is 1. The average Bonchev–Trinajstić information content (AvgIpc) is 2.80. The van der Waals surface area contributed by atoms with Crippen LogP contribution in [0, 0.1) is 5.92 Å². The van der Waals surface area contributed by atoms with E-state index < -0.39 is 17.7 Å². The van der Waals surface area contributed by atoms with Crippen LogP contribution < -0.4 is 4.90 Å². The molecule has 1 aromatic rings. The number of hydrogen-bond acceptors (Lipinski definition) is 5. The number of halogens is 1. The second kappa shape index (κ2) is 8.66. The highest BCUT2D eigenvalue weighted by Crippen LogP contribution is 2.47. The lowest BCUT2D eigenvalue weighted by Crippen LogP contribution is -2.37. The Morgan fingerprint density at radius 1 is 1.21 bits per heavy atom. The molecular formula is C21H28BrNO4S. The smallest absolute Gasteiger partial charge is 0.414 e. The molecule has 2 aliphatic heterocycles. The maximum absolute atomic E-state index is 13.0. The Hall–Kier alpha value is -1.21. The van der Waals surface area contributed by atoms with Crippen molar-refractivity contribution in [3.8, 4) is 0 Å². The van der Waals surface area contributed by atoms with E-state index in [0.717, 1.165) is 28.6 Å². The second-order valence-electron chi connectivity index (χ2n) is 8.38. The van der Waals surface area contributed by atoms with Gasteiger partial charge in [-0.3, -0.25) is 4.90 Å². The number of amides is 1. The van der Waals surface area contributed by atoms with Crippen LogP contribution in [0.1, 0.15) is 61.9 Å². The first kappa shape index (κ1) is 21.5. The molecule has 2 atom stereocenters. The molecule has 0 bridgehead atoms. The highest BCUT2D eigenvalue weighted by Gasteiger charge is 2.41. The van der Waals surface area contributed by atoms with Crippen molar-refractivity contribution in [2.75, 3.05) is 30.1 Å². The van der Waals surface area contributed by atoms with Crippen molar-refractivity contribution in [2.45, 2.75) is 51.6 Å². The van der Waals surface area contributed by atoms with Gasteiger partial charge in [-0.25, -0.2) is 9.59 Å². The van der Waals surface area contributed by atoms with Crippen molar-refractivity contribution in [2.24, 2.45) is 5.92 Å². The fraction of sp³-hybridized carbons (Fsp3) is 0.619. The van der Waals surface area contributed by atoms with Gasteiger partial charge in [0.2, 0.25) is 0 Å². The third-order valence-corrected chi connectivity index (χ3v) is 6.80. The number of nitrogens with zero attached hydrogens (tertiary/aromatic N) is 1. The molecule has 154 valence electrons. The molecule has 28 heavy (non-hydrogen) atoms. The molecular weight excluding hydrogens is 442 g/mol. The number of methoxy groups -OCH3 is 1. The van der Waals surface area contributed by atoms with Crippen LogP contribution in [-0.4, -0.2) is 42.8 Å². The summed E-state index contributed by atoms with van der Waals surface area (Å²) in [7, 11) is 1.36. The number of fused-ring (bicyclic) bond motifs is 1. The number of ether oxygens (including phenoxy) is 2. The molecule has 2 unspecified atom stereocenters. The molecule has 0 aliphatic carbocycles. The van der Waals surface area contributed by atoms with E-state index in [0.29, 0.717) is 23.7 Å². The minimum Gasteiger partial charge on any atom is -0.465 e. The minimum absolute atomic E-state index is 0.196. The van der Waals surface area contributed by atoms with E-state index in [4.69, 9.17) is 9.47 Å². The lowest BCUT2D eigenvalue weighted by atomic mass is 9.82. The minimum atomic E-state index is -0.602. The van der Waals surface area contributed by atoms with Crippen molar-refractivity contribution in [3.05, 3.63) is 27.7 Å². The van der Waals surface area contributed by atoms with Crippen molar-refractivity contribution in [1.29, 1.82) is 0 Å². The van der Waals surface area contributed by atoms with Gasteiger partial charge in [0, 0.05) is 16.9 Å². The van der Waals surface area contributed by atoms with Crippen LogP contribution in [0.4, 0.5) is 10.5 Å². The summed E-state index contributed by atoms with van der Waals surface area (Å²) in [6.45, 7) is 6.10. The summed E-state index contributed by atoms with van der Waals surface area (Å²) in [4.78, 5) is 27.1. The zero-order valence-electron chi connectivity index (χ0n) is 16.9. The highest BCUT2D eigenvalue weighted by atomic mass is 79.9. The van der Waals surface area contributed by atoms with Crippen LogP contribution in [0.25, 0.3) is 0 Å². The molecule has 1 aromatic carbocycles. The number of carbonyl (C=O) groups excluding carboxylic acids is 2. The summed E-state index contributed by atoms with van der Waals surface area (Å²) in [5.74, 6) is 2.57. The summed E-state index contributed by atoms with van der Waals surface area (Å²) >= 11 is 5.54. The summed E-state index contributed by atoms with van der Waals surface area (Å²) in [5, 5.41) is 0. The first-order chi connectivity index (χ1) is 13.2. The van der Waals surface area contributed by atoms with E-state index in [1.54, 1.807) is 11.0 Å². The molecule has 0 spiro atoms. The van der Waals surface area contributed by atoms with Crippen LogP contribution in [0.2, 0.25) is 0 Å². The predicted molar refractivity (Wildman–Crippen MR) is 116 cm³/mol. The largest absolute Gasteiger partial charge is 0.465 e. The fourth-order valence-electron chi connectivity index (χ4n) is 4.07. The molecule has 1 fully saturated rings. The van der Waals surface area contributed by atoms with Crippen LogP contribution in [0.3, 0.4) is 0 Å². The lowest BCUT2D eigenvalue weighted by molar-refractivity contribution is 0.0579. The highest BCUT2D eigenvalue weighted by molar-refractivity contribution is 9.10. The van der Waals surface area contributed by atoms with Gasteiger partial charge >= 0.3 is 12.1 Å². The lowest BCUT2D eigenvalue weighted by Gasteiger charge is -2.26. The first-order valence-electron chi connectivity index (χ1n) is 9.71. The first-order valence-corrected chi connectivity index (χ1v) is 11.7. The monoisotopic (exact) mass is 469 g/mol. The Balaban J connectivity index is 2.05. The Morgan fingerprint density at radius 2 is 1.96 bits per heavy atom. The molecule has 1 amide bonds. The van der Waals surface area contributed by atoms with E-state index in [9.17, 15) is 9.59 Å². The van der Waals surface area contributed by atoms with Gasteiger partial charge in [0.15, 0.2) is 0 Å². The van der Waals surface area contributed by atoms with E-state index in [1.807, 2.05) is 32.5 Å². The standard InChI is InChI=1S/C21H28BrNO4S/c1-21(2,3)27-20(25)23-12-17(13-6-5-8-28-9-7-13)15-10-14(22)11-16(18(15)23)19(24)26-4/h10-11,13,17H,5-9,12H2,1-4H3. The maximum Gasteiger partial charge on any atom is 0.414 e. The third-order valence-electron chi connectivity index (χ3n) is 5.24. The van der Waals surface area contributed by atoms with E-state index >= 15 is 0 Å². The maximum atomic E-state index is 13.0. The average molecular weight is 470 g/mol. The van der Waals surface area contributed by atoms with Gasteiger partial charge in [-0.1, -0.05) is 15.9 Å². The number of hydrogen-bond donors (Lipinski definition) is 0. The zero-order chi connectivity index (χ0) is 20.5. The Labute approximate surface area is 179 Å². The van der Waals surface area contributed by atoms with Crippen molar-refractivity contribution >= 4 is 45.4 Å². The van der Waals surface area contributed by atoms with Gasteiger partial charge in [0.25, 0.3) is 0 Å². The number of thioether (sulfide) groups is 1. The summed E-state index contributed by atoms with van der Waals surface area (Å²) in [6, 6.07) is 3.78. The Morgan fingerprint density at radius 3 is 2.64 bits per heavy atom. The third kappa shape index (κ3) is 4.67. The van der Waals surface area contributed by atoms with Gasteiger partial charge in [-0.15, -0.1) is 0 Å². The molecule has 2 heterocycles. The number of anilines is 1. The van der Waals surface area contributed by atoms with E-state index in [-0.39, 0.29) is 5.92 Å². The van der Waals surface area contributed by atoms with Crippen LogP contribution in [-0.2, 0) is 9.47 Å². The van der Waals surface area contributed by atoms with Gasteiger partial charge in [-0.05, 0) is 75.2 Å². The Kier molecular flexibility index (Phi) is 6.65. The number of benzene rings is 1. The van der Waals surface area contributed by atoms with Gasteiger partial charge in [-0.2, -0.15) is 11.8 Å². The fourth-order valence-corrected chi connectivity index (χ4v) is 5.59. The van der Waals surface area contributed by atoms with E-state index in [1.165, 1.54) is 19.3 Å². The Bertz CT molecular complexity index is 754.